The normalized spacial score (nSPS) is 15.6. The summed E-state index contributed by atoms with van der Waals surface area (Å²) in [5, 5.41) is 6.36. The average Bonchev–Trinajstić information content (AvgIpc) is 2.77. The quantitative estimate of drug-likeness (QED) is 0.799. The number of nitrogens with zero attached hydrogens (tertiary/aromatic N) is 4. The van der Waals surface area contributed by atoms with Crippen LogP contribution in [0.2, 0.25) is 0 Å². The minimum absolute atomic E-state index is 0.0526. The van der Waals surface area contributed by atoms with Gasteiger partial charge in [0.15, 0.2) is 0 Å². The summed E-state index contributed by atoms with van der Waals surface area (Å²) in [5.74, 6) is 0. The molecule has 6 heteroatoms. The molecule has 0 aliphatic carbocycles. The van der Waals surface area contributed by atoms with Crippen molar-refractivity contribution in [2.75, 3.05) is 26.3 Å². The van der Waals surface area contributed by atoms with E-state index in [4.69, 9.17) is 4.74 Å². The number of aromatic nitrogens is 2. The molecule has 6 nitrogen and oxygen atoms in total. The number of morpholine rings is 1. The number of hydrogen-bond donors (Lipinski definition) is 0. The summed E-state index contributed by atoms with van der Waals surface area (Å²) < 4.78 is 8.82. The van der Waals surface area contributed by atoms with E-state index in [1.54, 1.807) is 10.9 Å². The summed E-state index contributed by atoms with van der Waals surface area (Å²) in [7, 11) is 1.88. The Hall–Kier alpha value is -2.34. The number of hydrazone groups is 1. The average molecular weight is 300 g/mol. The summed E-state index contributed by atoms with van der Waals surface area (Å²) in [6.45, 7) is 4.81. The summed E-state index contributed by atoms with van der Waals surface area (Å²) in [5.41, 5.74) is 2.32. The van der Waals surface area contributed by atoms with Crippen molar-refractivity contribution >= 4 is 6.21 Å². The van der Waals surface area contributed by atoms with E-state index in [1.807, 2.05) is 54.0 Å². The molecule has 0 unspecified atom stereocenters. The number of para-hydroxylation sites is 1. The summed E-state index contributed by atoms with van der Waals surface area (Å²) in [4.78, 5) is 12.7. The predicted molar refractivity (Wildman–Crippen MR) is 85.7 cm³/mol. The number of hydrogen-bond acceptors (Lipinski definition) is 4. The maximum absolute atomic E-state index is 12.7. The first-order chi connectivity index (χ1) is 10.7. The van der Waals surface area contributed by atoms with Crippen LogP contribution in [0.5, 0.6) is 0 Å². The zero-order valence-corrected chi connectivity index (χ0v) is 12.9. The molecule has 1 fully saturated rings. The second-order valence-electron chi connectivity index (χ2n) is 5.29. The Labute approximate surface area is 129 Å². The Bertz CT molecular complexity index is 725. The van der Waals surface area contributed by atoms with Crippen LogP contribution in [0.4, 0.5) is 0 Å². The molecule has 22 heavy (non-hydrogen) atoms. The second kappa shape index (κ2) is 6.19. The molecular weight excluding hydrogens is 280 g/mol. The first kappa shape index (κ1) is 14.6. The lowest BCUT2D eigenvalue weighted by Gasteiger charge is -2.23. The second-order valence-corrected chi connectivity index (χ2v) is 5.29. The topological polar surface area (TPSA) is 51.8 Å². The van der Waals surface area contributed by atoms with Crippen molar-refractivity contribution < 1.29 is 4.74 Å². The molecule has 0 saturated carbocycles. The van der Waals surface area contributed by atoms with Gasteiger partial charge in [0, 0.05) is 12.7 Å². The molecule has 0 spiro atoms. The van der Waals surface area contributed by atoms with Crippen molar-refractivity contribution in [3.8, 4) is 5.69 Å². The van der Waals surface area contributed by atoms with Crippen molar-refractivity contribution in [2.24, 2.45) is 12.1 Å². The van der Waals surface area contributed by atoms with Gasteiger partial charge < -0.3 is 4.74 Å². The number of ether oxygens (including phenoxy) is 1. The van der Waals surface area contributed by atoms with E-state index >= 15 is 0 Å². The maximum Gasteiger partial charge on any atom is 0.280 e. The summed E-state index contributed by atoms with van der Waals surface area (Å²) in [6, 6.07) is 9.62. The van der Waals surface area contributed by atoms with E-state index in [2.05, 4.69) is 5.10 Å². The maximum atomic E-state index is 12.7. The van der Waals surface area contributed by atoms with E-state index < -0.39 is 0 Å². The van der Waals surface area contributed by atoms with Gasteiger partial charge in [-0.15, -0.1) is 0 Å². The van der Waals surface area contributed by atoms with Crippen molar-refractivity contribution in [3.05, 3.63) is 51.9 Å². The van der Waals surface area contributed by atoms with Gasteiger partial charge in [0.25, 0.3) is 5.56 Å². The lowest BCUT2D eigenvalue weighted by Crippen LogP contribution is -2.32. The zero-order valence-electron chi connectivity index (χ0n) is 12.9. The highest BCUT2D eigenvalue weighted by atomic mass is 16.5. The van der Waals surface area contributed by atoms with Crippen LogP contribution < -0.4 is 5.56 Å². The SMILES string of the molecule is Cc1c(/C=N/N2CCOCC2)c(=O)n(-c2ccccc2)n1C. The molecule has 0 radical (unpaired) electrons. The van der Waals surface area contributed by atoms with Gasteiger partial charge in [-0.3, -0.25) is 14.5 Å². The lowest BCUT2D eigenvalue weighted by molar-refractivity contribution is 0.0397. The fourth-order valence-corrected chi connectivity index (χ4v) is 2.55. The van der Waals surface area contributed by atoms with Gasteiger partial charge in [0.05, 0.1) is 43.8 Å². The first-order valence-electron chi connectivity index (χ1n) is 7.39. The molecule has 1 aliphatic rings. The Balaban J connectivity index is 1.96. The van der Waals surface area contributed by atoms with Crippen molar-refractivity contribution in [1.29, 1.82) is 0 Å². The number of benzene rings is 1. The third kappa shape index (κ3) is 2.69. The molecule has 3 rings (SSSR count). The Morgan fingerprint density at radius 3 is 2.55 bits per heavy atom. The van der Waals surface area contributed by atoms with Crippen LogP contribution in [-0.4, -0.2) is 46.9 Å². The molecule has 2 aromatic rings. The van der Waals surface area contributed by atoms with Gasteiger partial charge in [0.1, 0.15) is 0 Å². The van der Waals surface area contributed by atoms with Crippen LogP contribution in [0.3, 0.4) is 0 Å². The van der Waals surface area contributed by atoms with Crippen molar-refractivity contribution in [1.82, 2.24) is 14.4 Å². The molecule has 1 saturated heterocycles. The van der Waals surface area contributed by atoms with Crippen LogP contribution in [0.25, 0.3) is 5.69 Å². The molecule has 2 heterocycles. The van der Waals surface area contributed by atoms with E-state index in [-0.39, 0.29) is 5.56 Å². The van der Waals surface area contributed by atoms with E-state index in [0.717, 1.165) is 24.5 Å². The molecule has 116 valence electrons. The molecule has 1 aliphatic heterocycles. The van der Waals surface area contributed by atoms with Crippen molar-refractivity contribution in [2.45, 2.75) is 6.92 Å². The van der Waals surface area contributed by atoms with Gasteiger partial charge in [-0.1, -0.05) is 18.2 Å². The lowest BCUT2D eigenvalue weighted by atomic mass is 10.3. The summed E-state index contributed by atoms with van der Waals surface area (Å²) in [6.07, 6.45) is 1.67. The highest BCUT2D eigenvalue weighted by Crippen LogP contribution is 2.09. The van der Waals surface area contributed by atoms with Gasteiger partial charge in [-0.2, -0.15) is 5.10 Å². The van der Waals surface area contributed by atoms with Gasteiger partial charge >= 0.3 is 0 Å². The van der Waals surface area contributed by atoms with E-state index in [0.29, 0.717) is 18.8 Å². The third-order valence-corrected chi connectivity index (χ3v) is 3.94. The molecule has 0 bridgehead atoms. The van der Waals surface area contributed by atoms with Crippen molar-refractivity contribution in [3.63, 3.8) is 0 Å². The number of rotatable bonds is 3. The van der Waals surface area contributed by atoms with Gasteiger partial charge in [-0.25, -0.2) is 4.68 Å². The molecule has 0 atom stereocenters. The van der Waals surface area contributed by atoms with Crippen LogP contribution in [0, 0.1) is 6.92 Å². The minimum atomic E-state index is -0.0526. The zero-order chi connectivity index (χ0) is 15.5. The molecular formula is C16H20N4O2. The highest BCUT2D eigenvalue weighted by molar-refractivity contribution is 5.80. The Kier molecular flexibility index (Phi) is 4.11. The molecule has 1 aromatic heterocycles. The van der Waals surface area contributed by atoms with Crippen LogP contribution in [0.15, 0.2) is 40.2 Å². The largest absolute Gasteiger partial charge is 0.378 e. The Morgan fingerprint density at radius 1 is 1.18 bits per heavy atom. The van der Waals surface area contributed by atoms with Gasteiger partial charge in [-0.05, 0) is 19.1 Å². The van der Waals surface area contributed by atoms with Gasteiger partial charge in [0.2, 0.25) is 0 Å². The smallest absolute Gasteiger partial charge is 0.280 e. The van der Waals surface area contributed by atoms with E-state index in [1.165, 1.54) is 0 Å². The van der Waals surface area contributed by atoms with Crippen LogP contribution in [-0.2, 0) is 11.8 Å². The fourth-order valence-electron chi connectivity index (χ4n) is 2.55. The highest BCUT2D eigenvalue weighted by Gasteiger charge is 2.15. The van der Waals surface area contributed by atoms with E-state index in [9.17, 15) is 4.79 Å². The minimum Gasteiger partial charge on any atom is -0.378 e. The predicted octanol–water partition coefficient (Wildman–Crippen LogP) is 1.15. The summed E-state index contributed by atoms with van der Waals surface area (Å²) >= 11 is 0. The monoisotopic (exact) mass is 300 g/mol. The van der Waals surface area contributed by atoms with Crippen LogP contribution >= 0.6 is 0 Å². The van der Waals surface area contributed by atoms with Crippen LogP contribution in [0.1, 0.15) is 11.3 Å². The fraction of sp³-hybridized carbons (Fsp3) is 0.375. The standard InChI is InChI=1S/C16H20N4O2/c1-13-15(12-17-19-8-10-22-11-9-19)16(21)20(18(13)2)14-6-4-3-5-7-14/h3-7,12H,8-11H2,1-2H3/b17-12+. The Morgan fingerprint density at radius 2 is 1.86 bits per heavy atom. The molecule has 0 amide bonds. The molecule has 1 aromatic carbocycles. The third-order valence-electron chi connectivity index (χ3n) is 3.94. The first-order valence-corrected chi connectivity index (χ1v) is 7.39. The molecule has 0 N–H and O–H groups in total.